The zero-order valence-corrected chi connectivity index (χ0v) is 11.0. The molecule has 0 saturated heterocycles. The van der Waals surface area contributed by atoms with E-state index < -0.39 is 17.8 Å². The van der Waals surface area contributed by atoms with Gasteiger partial charge in [0, 0.05) is 0 Å². The van der Waals surface area contributed by atoms with Gasteiger partial charge >= 0.3 is 12.0 Å². The maximum absolute atomic E-state index is 13.5. The molecule has 0 unspecified atom stereocenters. The minimum Gasteiger partial charge on any atom is -0.478 e. The lowest BCUT2D eigenvalue weighted by molar-refractivity contribution is 0.0697. The van der Waals surface area contributed by atoms with Crippen LogP contribution in [0.5, 0.6) is 0 Å². The Labute approximate surface area is 116 Å². The molecule has 9 heteroatoms. The molecule has 2 rings (SSSR count). The van der Waals surface area contributed by atoms with Gasteiger partial charge in [0.15, 0.2) is 0 Å². The number of carboxylic acid groups (broad SMARTS) is 1. The van der Waals surface area contributed by atoms with Gasteiger partial charge in [-0.3, -0.25) is 5.32 Å². The number of hydrogen-bond donors (Lipinski definition) is 3. The average molecular weight is 296 g/mol. The molecule has 0 radical (unpaired) electrons. The molecule has 0 aliphatic rings. The molecule has 3 N–H and O–H groups in total. The van der Waals surface area contributed by atoms with Crippen molar-refractivity contribution in [1.82, 2.24) is 10.2 Å². The number of aromatic carboxylic acids is 1. The third-order valence-corrected chi connectivity index (χ3v) is 2.96. The van der Waals surface area contributed by atoms with Crippen LogP contribution in [0.25, 0.3) is 0 Å². The maximum Gasteiger partial charge on any atom is 0.335 e. The van der Waals surface area contributed by atoms with E-state index in [0.29, 0.717) is 5.01 Å². The molecule has 0 saturated carbocycles. The highest BCUT2D eigenvalue weighted by molar-refractivity contribution is 7.15. The largest absolute Gasteiger partial charge is 0.478 e. The Bertz CT molecular complexity index is 673. The van der Waals surface area contributed by atoms with E-state index in [-0.39, 0.29) is 16.4 Å². The van der Waals surface area contributed by atoms with Crippen LogP contribution in [-0.2, 0) is 0 Å². The van der Waals surface area contributed by atoms with Gasteiger partial charge in [-0.15, -0.1) is 10.2 Å². The zero-order chi connectivity index (χ0) is 14.7. The maximum atomic E-state index is 13.5. The van der Waals surface area contributed by atoms with E-state index in [1.165, 1.54) is 0 Å². The molecule has 0 spiro atoms. The van der Waals surface area contributed by atoms with Crippen molar-refractivity contribution < 1.29 is 19.1 Å². The van der Waals surface area contributed by atoms with Crippen LogP contribution in [0.2, 0.25) is 0 Å². The highest BCUT2D eigenvalue weighted by Gasteiger charge is 2.12. The molecule has 1 aromatic heterocycles. The summed E-state index contributed by atoms with van der Waals surface area (Å²) in [6.07, 6.45) is 0. The highest BCUT2D eigenvalue weighted by atomic mass is 32.1. The number of benzene rings is 1. The second-order valence-corrected chi connectivity index (χ2v) is 4.89. The molecule has 7 nitrogen and oxygen atoms in total. The van der Waals surface area contributed by atoms with Crippen LogP contribution in [0.3, 0.4) is 0 Å². The lowest BCUT2D eigenvalue weighted by Crippen LogP contribution is -2.20. The molecule has 0 aliphatic carbocycles. The van der Waals surface area contributed by atoms with Crippen LogP contribution in [0, 0.1) is 12.7 Å². The average Bonchev–Trinajstić information content (AvgIpc) is 2.77. The Morgan fingerprint density at radius 2 is 2.05 bits per heavy atom. The smallest absolute Gasteiger partial charge is 0.335 e. The highest BCUT2D eigenvalue weighted by Crippen LogP contribution is 2.18. The first kappa shape index (κ1) is 13.9. The van der Waals surface area contributed by atoms with Gasteiger partial charge < -0.3 is 10.4 Å². The van der Waals surface area contributed by atoms with Crippen molar-refractivity contribution in [2.75, 3.05) is 10.6 Å². The summed E-state index contributed by atoms with van der Waals surface area (Å²) in [5.41, 5.74) is -0.364. The van der Waals surface area contributed by atoms with E-state index in [0.717, 1.165) is 29.5 Å². The number of hydrogen-bond acceptors (Lipinski definition) is 5. The molecule has 2 amide bonds. The summed E-state index contributed by atoms with van der Waals surface area (Å²) in [5, 5.41) is 21.7. The number of aryl methyl sites for hydroxylation is 1. The number of carbonyl (C=O) groups excluding carboxylic acids is 1. The normalized spacial score (nSPS) is 10.1. The molecule has 0 aliphatic heterocycles. The third-order valence-electron chi connectivity index (χ3n) is 2.21. The van der Waals surface area contributed by atoms with Gasteiger partial charge in [0.05, 0.1) is 11.3 Å². The number of anilines is 2. The molecule has 1 heterocycles. The summed E-state index contributed by atoms with van der Waals surface area (Å²) >= 11 is 1.16. The molecule has 2 aromatic rings. The molecule has 104 valence electrons. The lowest BCUT2D eigenvalue weighted by Gasteiger charge is -2.07. The first-order valence-electron chi connectivity index (χ1n) is 5.36. The van der Waals surface area contributed by atoms with E-state index in [1.54, 1.807) is 6.92 Å². The van der Waals surface area contributed by atoms with Crippen molar-refractivity contribution in [2.24, 2.45) is 0 Å². The SMILES string of the molecule is Cc1nnc(NC(=O)Nc2cc(C(=O)O)ccc2F)s1. The van der Waals surface area contributed by atoms with Crippen molar-refractivity contribution in [3.63, 3.8) is 0 Å². The minimum atomic E-state index is -1.21. The Kier molecular flexibility index (Phi) is 3.89. The number of halogens is 1. The first-order chi connectivity index (χ1) is 9.45. The number of carboxylic acids is 1. The molecular weight excluding hydrogens is 287 g/mol. The number of aromatic nitrogens is 2. The lowest BCUT2D eigenvalue weighted by atomic mass is 10.2. The number of urea groups is 1. The number of carbonyl (C=O) groups is 2. The Hall–Kier alpha value is -2.55. The summed E-state index contributed by atoms with van der Waals surface area (Å²) in [6, 6.07) is 2.37. The van der Waals surface area contributed by atoms with Gasteiger partial charge in [0.2, 0.25) is 5.13 Å². The summed E-state index contributed by atoms with van der Waals surface area (Å²) in [6.45, 7) is 1.72. The predicted octanol–water partition coefficient (Wildman–Crippen LogP) is 2.33. The summed E-state index contributed by atoms with van der Waals surface area (Å²) in [4.78, 5) is 22.4. The van der Waals surface area contributed by atoms with Crippen LogP contribution in [0.1, 0.15) is 15.4 Å². The van der Waals surface area contributed by atoms with Crippen LogP contribution in [-0.4, -0.2) is 27.3 Å². The molecular formula is C11H9FN4O3S. The molecule has 20 heavy (non-hydrogen) atoms. The fourth-order valence-corrected chi connectivity index (χ4v) is 1.94. The number of rotatable bonds is 3. The summed E-state index contributed by atoms with van der Waals surface area (Å²) < 4.78 is 13.5. The number of nitrogens with one attached hydrogen (secondary N) is 2. The first-order valence-corrected chi connectivity index (χ1v) is 6.18. The van der Waals surface area contributed by atoms with Gasteiger partial charge in [0.25, 0.3) is 0 Å². The Morgan fingerprint density at radius 3 is 2.65 bits per heavy atom. The minimum absolute atomic E-state index is 0.131. The summed E-state index contributed by atoms with van der Waals surface area (Å²) in [5.74, 6) is -1.95. The van der Waals surface area contributed by atoms with Gasteiger partial charge in [0.1, 0.15) is 10.8 Å². The van der Waals surface area contributed by atoms with Gasteiger partial charge in [-0.05, 0) is 25.1 Å². The standard InChI is InChI=1S/C11H9FN4O3S/c1-5-15-16-11(20-5)14-10(19)13-8-4-6(9(17)18)2-3-7(8)12/h2-4H,1H3,(H,17,18)(H2,13,14,16,19). The van der Waals surface area contributed by atoms with Gasteiger partial charge in [-0.2, -0.15) is 0 Å². The second kappa shape index (κ2) is 5.61. The molecule has 0 bridgehead atoms. The quantitative estimate of drug-likeness (QED) is 0.806. The predicted molar refractivity (Wildman–Crippen MR) is 70.6 cm³/mol. The van der Waals surface area contributed by atoms with Gasteiger partial charge in [-0.1, -0.05) is 11.3 Å². The van der Waals surface area contributed by atoms with Crippen molar-refractivity contribution in [3.05, 3.63) is 34.6 Å². The summed E-state index contributed by atoms with van der Waals surface area (Å²) in [7, 11) is 0. The van der Waals surface area contributed by atoms with Crippen molar-refractivity contribution in [2.45, 2.75) is 6.92 Å². The topological polar surface area (TPSA) is 104 Å². The third kappa shape index (κ3) is 3.26. The van der Waals surface area contributed by atoms with E-state index in [4.69, 9.17) is 5.11 Å². The van der Waals surface area contributed by atoms with Crippen LogP contribution in [0.15, 0.2) is 18.2 Å². The van der Waals surface area contributed by atoms with Crippen LogP contribution >= 0.6 is 11.3 Å². The monoisotopic (exact) mass is 296 g/mol. The zero-order valence-electron chi connectivity index (χ0n) is 10.2. The second-order valence-electron chi connectivity index (χ2n) is 3.71. The fourth-order valence-electron chi connectivity index (χ4n) is 1.35. The van der Waals surface area contributed by atoms with Crippen molar-refractivity contribution in [3.8, 4) is 0 Å². The number of nitrogens with zero attached hydrogens (tertiary/aromatic N) is 2. The fraction of sp³-hybridized carbons (Fsp3) is 0.0909. The Balaban J connectivity index is 2.11. The van der Waals surface area contributed by atoms with Crippen LogP contribution in [0.4, 0.5) is 20.0 Å². The van der Waals surface area contributed by atoms with E-state index in [1.807, 2.05) is 0 Å². The molecule has 1 aromatic carbocycles. The Morgan fingerprint density at radius 1 is 1.30 bits per heavy atom. The van der Waals surface area contributed by atoms with Crippen molar-refractivity contribution >= 4 is 34.2 Å². The van der Waals surface area contributed by atoms with Crippen LogP contribution < -0.4 is 10.6 Å². The van der Waals surface area contributed by atoms with E-state index >= 15 is 0 Å². The molecule has 0 atom stereocenters. The van der Waals surface area contributed by atoms with Crippen molar-refractivity contribution in [1.29, 1.82) is 0 Å². The number of amides is 2. The van der Waals surface area contributed by atoms with Gasteiger partial charge in [-0.25, -0.2) is 14.0 Å². The van der Waals surface area contributed by atoms with E-state index in [9.17, 15) is 14.0 Å². The molecule has 0 fully saturated rings. The van der Waals surface area contributed by atoms with E-state index in [2.05, 4.69) is 20.8 Å².